The van der Waals surface area contributed by atoms with Crippen molar-refractivity contribution in [3.05, 3.63) is 48.2 Å². The summed E-state index contributed by atoms with van der Waals surface area (Å²) in [5.74, 6) is 0.0435. The molecule has 1 aromatic carbocycles. The van der Waals surface area contributed by atoms with E-state index in [9.17, 15) is 10.1 Å². The van der Waals surface area contributed by atoms with Crippen LogP contribution < -0.4 is 10.2 Å². The van der Waals surface area contributed by atoms with Crippen LogP contribution in [0.1, 0.15) is 12.0 Å². The maximum atomic E-state index is 12.4. The fraction of sp³-hybridized carbons (Fsp3) is 0.278. The van der Waals surface area contributed by atoms with Gasteiger partial charge in [-0.05, 0) is 37.6 Å². The second kappa shape index (κ2) is 6.59. The molecule has 3 rings (SSSR count). The zero-order valence-electron chi connectivity index (χ0n) is 13.0. The normalized spacial score (nSPS) is 16.8. The molecule has 1 aromatic heterocycles. The van der Waals surface area contributed by atoms with Gasteiger partial charge in [-0.3, -0.25) is 4.79 Å². The average molecular weight is 306 g/mol. The predicted molar refractivity (Wildman–Crippen MR) is 88.5 cm³/mol. The number of carbonyl (C=O) groups is 1. The molecule has 23 heavy (non-hydrogen) atoms. The van der Waals surface area contributed by atoms with Crippen molar-refractivity contribution in [1.82, 2.24) is 10.3 Å². The molecule has 5 heteroatoms. The highest BCUT2D eigenvalue weighted by Gasteiger charge is 2.28. The monoisotopic (exact) mass is 306 g/mol. The molecule has 2 heterocycles. The molecule has 116 valence electrons. The molecule has 1 aliphatic heterocycles. The number of nitriles is 1. The van der Waals surface area contributed by atoms with E-state index in [4.69, 9.17) is 0 Å². The van der Waals surface area contributed by atoms with Gasteiger partial charge in [0.1, 0.15) is 5.82 Å². The molecule has 1 unspecified atom stereocenters. The largest absolute Gasteiger partial charge is 0.316 e. The minimum atomic E-state index is -0.187. The third kappa shape index (κ3) is 3.22. The molecule has 0 aliphatic carbocycles. The van der Waals surface area contributed by atoms with E-state index in [0.29, 0.717) is 12.4 Å². The first-order valence-corrected chi connectivity index (χ1v) is 7.66. The predicted octanol–water partition coefficient (Wildman–Crippen LogP) is 2.48. The van der Waals surface area contributed by atoms with Gasteiger partial charge in [0, 0.05) is 18.3 Å². The number of pyridine rings is 1. The Kier molecular flexibility index (Phi) is 4.35. The Bertz CT molecular complexity index is 742. The molecule has 1 fully saturated rings. The van der Waals surface area contributed by atoms with Crippen LogP contribution in [0, 0.1) is 24.3 Å². The molecule has 1 amide bonds. The van der Waals surface area contributed by atoms with Gasteiger partial charge in [-0.15, -0.1) is 0 Å². The fourth-order valence-corrected chi connectivity index (χ4v) is 2.78. The summed E-state index contributed by atoms with van der Waals surface area (Å²) in [6.07, 6.45) is 4.42. The van der Waals surface area contributed by atoms with Gasteiger partial charge in [0.05, 0.1) is 5.92 Å². The van der Waals surface area contributed by atoms with Crippen LogP contribution in [0.3, 0.4) is 0 Å². The lowest BCUT2D eigenvalue weighted by Gasteiger charge is -2.16. The van der Waals surface area contributed by atoms with Crippen molar-refractivity contribution in [2.24, 2.45) is 5.92 Å². The topological polar surface area (TPSA) is 69.0 Å². The van der Waals surface area contributed by atoms with Gasteiger partial charge in [0.15, 0.2) is 6.19 Å². The molecule has 0 radical (unpaired) electrons. The molecule has 1 saturated heterocycles. The average Bonchev–Trinajstić information content (AvgIpc) is 3.10. The number of aromatic nitrogens is 1. The van der Waals surface area contributed by atoms with E-state index in [1.165, 1.54) is 5.56 Å². The van der Waals surface area contributed by atoms with Crippen molar-refractivity contribution >= 4 is 11.7 Å². The standard InChI is InChI=1S/C18H18N4O/c1-13-3-2-4-14(9-13)15-5-6-17(21-11-15)22(12-19)18(23)16-7-8-20-10-16/h2-6,9,11,16,20H,7-8,10H2,1H3. The first-order chi connectivity index (χ1) is 11.2. The zero-order chi connectivity index (χ0) is 16.2. The van der Waals surface area contributed by atoms with Gasteiger partial charge in [-0.25, -0.2) is 4.98 Å². The van der Waals surface area contributed by atoms with E-state index < -0.39 is 0 Å². The van der Waals surface area contributed by atoms with Crippen LogP contribution in [-0.4, -0.2) is 24.0 Å². The number of nitrogens with one attached hydrogen (secondary N) is 1. The van der Waals surface area contributed by atoms with Crippen LogP contribution in [0.15, 0.2) is 42.6 Å². The number of carbonyl (C=O) groups excluding carboxylic acids is 1. The van der Waals surface area contributed by atoms with Gasteiger partial charge < -0.3 is 5.32 Å². The molecule has 0 saturated carbocycles. The van der Waals surface area contributed by atoms with E-state index in [2.05, 4.69) is 16.4 Å². The summed E-state index contributed by atoms with van der Waals surface area (Å²) in [6, 6.07) is 11.7. The van der Waals surface area contributed by atoms with Crippen molar-refractivity contribution in [3.63, 3.8) is 0 Å². The van der Waals surface area contributed by atoms with Crippen molar-refractivity contribution in [3.8, 4) is 17.3 Å². The van der Waals surface area contributed by atoms with Gasteiger partial charge >= 0.3 is 0 Å². The Balaban J connectivity index is 1.83. The van der Waals surface area contributed by atoms with Crippen LogP contribution >= 0.6 is 0 Å². The molecule has 1 atom stereocenters. The minimum Gasteiger partial charge on any atom is -0.316 e. The summed E-state index contributed by atoms with van der Waals surface area (Å²) in [6.45, 7) is 3.48. The Morgan fingerprint density at radius 1 is 1.35 bits per heavy atom. The number of aryl methyl sites for hydroxylation is 1. The van der Waals surface area contributed by atoms with E-state index >= 15 is 0 Å². The van der Waals surface area contributed by atoms with Crippen molar-refractivity contribution < 1.29 is 4.79 Å². The van der Waals surface area contributed by atoms with Gasteiger partial charge in [-0.1, -0.05) is 29.8 Å². The summed E-state index contributed by atoms with van der Waals surface area (Å²) < 4.78 is 0. The van der Waals surface area contributed by atoms with E-state index in [1.54, 1.807) is 12.3 Å². The maximum absolute atomic E-state index is 12.4. The number of hydrogen-bond donors (Lipinski definition) is 1. The quantitative estimate of drug-likeness (QED) is 0.698. The number of amides is 1. The fourth-order valence-electron chi connectivity index (χ4n) is 2.78. The van der Waals surface area contributed by atoms with E-state index in [0.717, 1.165) is 29.0 Å². The van der Waals surface area contributed by atoms with Gasteiger partial charge in [0.2, 0.25) is 5.91 Å². The Hall–Kier alpha value is -2.71. The van der Waals surface area contributed by atoms with E-state index in [-0.39, 0.29) is 11.8 Å². The number of anilines is 1. The van der Waals surface area contributed by atoms with Crippen molar-refractivity contribution in [2.45, 2.75) is 13.3 Å². The third-order valence-electron chi connectivity index (χ3n) is 4.06. The Labute approximate surface area is 135 Å². The lowest BCUT2D eigenvalue weighted by atomic mass is 10.1. The maximum Gasteiger partial charge on any atom is 0.246 e. The lowest BCUT2D eigenvalue weighted by molar-refractivity contribution is -0.121. The highest BCUT2D eigenvalue weighted by Crippen LogP contribution is 2.23. The number of nitrogens with zero attached hydrogens (tertiary/aromatic N) is 3. The van der Waals surface area contributed by atoms with Crippen LogP contribution in [0.25, 0.3) is 11.1 Å². The van der Waals surface area contributed by atoms with Crippen LogP contribution in [-0.2, 0) is 4.79 Å². The molecule has 1 aliphatic rings. The van der Waals surface area contributed by atoms with Crippen LogP contribution in [0.2, 0.25) is 0 Å². The highest BCUT2D eigenvalue weighted by molar-refractivity contribution is 5.97. The van der Waals surface area contributed by atoms with E-state index in [1.807, 2.05) is 37.4 Å². The SMILES string of the molecule is Cc1cccc(-c2ccc(N(C#N)C(=O)C3CCNC3)nc2)c1. The number of rotatable bonds is 3. The number of hydrogen-bond acceptors (Lipinski definition) is 4. The second-order valence-electron chi connectivity index (χ2n) is 5.74. The smallest absolute Gasteiger partial charge is 0.246 e. The van der Waals surface area contributed by atoms with Crippen LogP contribution in [0.4, 0.5) is 5.82 Å². The molecular formula is C18H18N4O. The van der Waals surface area contributed by atoms with Crippen molar-refractivity contribution in [2.75, 3.05) is 18.0 Å². The Morgan fingerprint density at radius 3 is 2.83 bits per heavy atom. The molecule has 0 bridgehead atoms. The number of benzene rings is 1. The molecule has 2 aromatic rings. The van der Waals surface area contributed by atoms with Crippen molar-refractivity contribution in [1.29, 1.82) is 5.26 Å². The summed E-state index contributed by atoms with van der Waals surface area (Å²) in [5.41, 5.74) is 3.21. The minimum absolute atomic E-state index is 0.145. The van der Waals surface area contributed by atoms with Gasteiger partial charge in [0.25, 0.3) is 0 Å². The molecule has 5 nitrogen and oxygen atoms in total. The molecular weight excluding hydrogens is 288 g/mol. The highest BCUT2D eigenvalue weighted by atomic mass is 16.2. The third-order valence-corrected chi connectivity index (χ3v) is 4.06. The first-order valence-electron chi connectivity index (χ1n) is 7.66. The Morgan fingerprint density at radius 2 is 2.22 bits per heavy atom. The summed E-state index contributed by atoms with van der Waals surface area (Å²) in [7, 11) is 0. The lowest BCUT2D eigenvalue weighted by Crippen LogP contribution is -2.34. The zero-order valence-corrected chi connectivity index (χ0v) is 13.0. The molecule has 1 N–H and O–H groups in total. The molecule has 0 spiro atoms. The van der Waals surface area contributed by atoms with Gasteiger partial charge in [-0.2, -0.15) is 10.2 Å². The summed E-state index contributed by atoms with van der Waals surface area (Å²) in [5, 5.41) is 12.5. The summed E-state index contributed by atoms with van der Waals surface area (Å²) in [4.78, 5) is 17.8. The first kappa shape index (κ1) is 15.2. The summed E-state index contributed by atoms with van der Waals surface area (Å²) >= 11 is 0. The second-order valence-corrected chi connectivity index (χ2v) is 5.74. The van der Waals surface area contributed by atoms with Crippen LogP contribution in [0.5, 0.6) is 0 Å².